The van der Waals surface area contributed by atoms with Gasteiger partial charge in [-0.15, -0.1) is 0 Å². The molecule has 0 unspecified atom stereocenters. The van der Waals surface area contributed by atoms with E-state index in [0.29, 0.717) is 0 Å². The Morgan fingerprint density at radius 2 is 1.78 bits per heavy atom. The topological polar surface area (TPSA) is 62.0 Å². The second-order valence-corrected chi connectivity index (χ2v) is 1.60. The number of carboxylic acid groups (broad SMARTS) is 1. The molecule has 0 radical (unpaired) electrons. The minimum atomic E-state index is -0.833. The maximum atomic E-state index is 9.00. The van der Waals surface area contributed by atoms with E-state index in [9.17, 15) is 0 Å². The summed E-state index contributed by atoms with van der Waals surface area (Å²) < 4.78 is 0. The van der Waals surface area contributed by atoms with E-state index in [1.165, 1.54) is 6.42 Å². The van der Waals surface area contributed by atoms with Gasteiger partial charge in [-0.2, -0.15) is 10.2 Å². The molecule has 9 heavy (non-hydrogen) atoms. The fourth-order valence-corrected chi connectivity index (χ4v) is 0.354. The van der Waals surface area contributed by atoms with E-state index in [1.54, 1.807) is 0 Å². The van der Waals surface area contributed by atoms with Crippen LogP contribution in [0.4, 0.5) is 0 Å². The van der Waals surface area contributed by atoms with Crippen LogP contribution in [0.25, 0.3) is 0 Å². The van der Waals surface area contributed by atoms with Crippen LogP contribution in [0, 0.1) is 0 Å². The van der Waals surface area contributed by atoms with Crippen molar-refractivity contribution in [3.63, 3.8) is 0 Å². The average molecular weight is 130 g/mol. The highest BCUT2D eigenvalue weighted by atomic mass is 16.4. The quantitative estimate of drug-likeness (QED) is 0.530. The zero-order valence-electron chi connectivity index (χ0n) is 5.37. The fourth-order valence-electron chi connectivity index (χ4n) is 0.354. The summed E-state index contributed by atoms with van der Waals surface area (Å²) in [6, 6.07) is 0. The van der Waals surface area contributed by atoms with E-state index in [-0.39, 0.29) is 0 Å². The first-order valence-electron chi connectivity index (χ1n) is 2.76. The molecular formula is C5H10N2O2. The van der Waals surface area contributed by atoms with Crippen molar-refractivity contribution in [2.45, 2.75) is 13.3 Å². The first-order valence-corrected chi connectivity index (χ1v) is 2.76. The smallest absolute Gasteiger partial charge is 0.300 e. The van der Waals surface area contributed by atoms with Gasteiger partial charge in [-0.25, -0.2) is 0 Å². The van der Waals surface area contributed by atoms with E-state index in [1.807, 2.05) is 0 Å². The molecule has 1 N–H and O–H groups in total. The Morgan fingerprint density at radius 1 is 1.44 bits per heavy atom. The molecule has 1 heterocycles. The lowest BCUT2D eigenvalue weighted by molar-refractivity contribution is -0.134. The lowest BCUT2D eigenvalue weighted by Gasteiger charge is -1.63. The summed E-state index contributed by atoms with van der Waals surface area (Å²) in [5.41, 5.74) is 0. The highest BCUT2D eigenvalue weighted by molar-refractivity contribution is 5.62. The van der Waals surface area contributed by atoms with Crippen LogP contribution in [-0.4, -0.2) is 24.2 Å². The normalized spacial score (nSPS) is 14.3. The van der Waals surface area contributed by atoms with E-state index in [2.05, 4.69) is 10.2 Å². The molecule has 0 aromatic rings. The van der Waals surface area contributed by atoms with Gasteiger partial charge < -0.3 is 5.11 Å². The van der Waals surface area contributed by atoms with Gasteiger partial charge in [-0.05, 0) is 6.42 Å². The molecule has 4 nitrogen and oxygen atoms in total. The van der Waals surface area contributed by atoms with Crippen molar-refractivity contribution in [3.8, 4) is 0 Å². The second-order valence-electron chi connectivity index (χ2n) is 1.60. The third-order valence-corrected chi connectivity index (χ3v) is 0.616. The second kappa shape index (κ2) is 5.21. The van der Waals surface area contributed by atoms with E-state index < -0.39 is 5.97 Å². The van der Waals surface area contributed by atoms with Crippen LogP contribution in [0.5, 0.6) is 0 Å². The fraction of sp³-hybridized carbons (Fsp3) is 0.800. The van der Waals surface area contributed by atoms with Crippen LogP contribution < -0.4 is 0 Å². The third kappa shape index (κ3) is 11.0. The van der Waals surface area contributed by atoms with Gasteiger partial charge in [0.1, 0.15) is 0 Å². The summed E-state index contributed by atoms with van der Waals surface area (Å²) in [4.78, 5) is 9.00. The summed E-state index contributed by atoms with van der Waals surface area (Å²) >= 11 is 0. The number of carbonyl (C=O) groups is 1. The molecule has 52 valence electrons. The molecule has 0 saturated heterocycles. The van der Waals surface area contributed by atoms with Crippen LogP contribution in [0.15, 0.2) is 10.2 Å². The number of nitrogens with zero attached hydrogens (tertiary/aromatic N) is 2. The molecule has 0 aromatic carbocycles. The zero-order valence-corrected chi connectivity index (χ0v) is 5.37. The molecule has 4 heteroatoms. The van der Waals surface area contributed by atoms with Gasteiger partial charge in [0.25, 0.3) is 5.97 Å². The molecule has 0 atom stereocenters. The maximum Gasteiger partial charge on any atom is 0.300 e. The minimum absolute atomic E-state index is 0.833. The van der Waals surface area contributed by atoms with Crippen LogP contribution in [0.3, 0.4) is 0 Å². The molecule has 1 aliphatic heterocycles. The van der Waals surface area contributed by atoms with Gasteiger partial charge in [0.2, 0.25) is 0 Å². The van der Waals surface area contributed by atoms with Crippen molar-refractivity contribution in [2.24, 2.45) is 10.2 Å². The number of rotatable bonds is 0. The predicted octanol–water partition coefficient (Wildman–Crippen LogP) is 0.933. The number of carboxylic acids is 1. The summed E-state index contributed by atoms with van der Waals surface area (Å²) in [5, 5.41) is 14.8. The van der Waals surface area contributed by atoms with Gasteiger partial charge in [0.05, 0.1) is 13.1 Å². The summed E-state index contributed by atoms with van der Waals surface area (Å²) in [6.45, 7) is 3.00. The predicted molar refractivity (Wildman–Crippen MR) is 32.5 cm³/mol. The Morgan fingerprint density at radius 3 is 1.89 bits per heavy atom. The molecule has 0 aliphatic carbocycles. The van der Waals surface area contributed by atoms with Gasteiger partial charge >= 0.3 is 0 Å². The number of hydrogen-bond acceptors (Lipinski definition) is 3. The molecule has 0 amide bonds. The lowest BCUT2D eigenvalue weighted by atomic mass is 10.5. The van der Waals surface area contributed by atoms with Gasteiger partial charge in [-0.3, -0.25) is 4.79 Å². The molecule has 0 aromatic heterocycles. The highest BCUT2D eigenvalue weighted by Crippen LogP contribution is 1.91. The van der Waals surface area contributed by atoms with E-state index in [4.69, 9.17) is 9.90 Å². The Bertz CT molecular complexity index is 102. The summed E-state index contributed by atoms with van der Waals surface area (Å²) in [7, 11) is 0. The summed E-state index contributed by atoms with van der Waals surface area (Å²) in [6.07, 6.45) is 1.17. The van der Waals surface area contributed by atoms with Crippen molar-refractivity contribution in [3.05, 3.63) is 0 Å². The third-order valence-electron chi connectivity index (χ3n) is 0.616. The van der Waals surface area contributed by atoms with Crippen molar-refractivity contribution in [2.75, 3.05) is 13.1 Å². The Hall–Kier alpha value is -0.930. The first-order chi connectivity index (χ1) is 4.23. The van der Waals surface area contributed by atoms with Gasteiger partial charge in [0, 0.05) is 6.92 Å². The van der Waals surface area contributed by atoms with Crippen LogP contribution >= 0.6 is 0 Å². The Labute approximate surface area is 53.6 Å². The van der Waals surface area contributed by atoms with Crippen molar-refractivity contribution >= 4 is 5.97 Å². The number of aliphatic carboxylic acids is 1. The van der Waals surface area contributed by atoms with Crippen molar-refractivity contribution in [1.82, 2.24) is 0 Å². The van der Waals surface area contributed by atoms with Crippen LogP contribution in [0.1, 0.15) is 13.3 Å². The lowest BCUT2D eigenvalue weighted by Crippen LogP contribution is -1.78. The molecule has 0 bridgehead atoms. The molecular weight excluding hydrogens is 120 g/mol. The Kier molecular flexibility index (Phi) is 4.67. The number of azo groups is 1. The monoisotopic (exact) mass is 130 g/mol. The molecule has 0 spiro atoms. The largest absolute Gasteiger partial charge is 0.481 e. The van der Waals surface area contributed by atoms with Crippen LogP contribution in [-0.2, 0) is 4.79 Å². The van der Waals surface area contributed by atoms with Crippen molar-refractivity contribution < 1.29 is 9.90 Å². The standard InChI is InChI=1S/C3H6N2.C2H4O2/c1-2-4-5-3-1;1-2(3)4/h1-3H2;1H3,(H,3,4). The highest BCUT2D eigenvalue weighted by Gasteiger charge is 1.87. The first kappa shape index (κ1) is 8.07. The maximum absolute atomic E-state index is 9.00. The Balaban J connectivity index is 0.000000148. The van der Waals surface area contributed by atoms with Crippen LogP contribution in [0.2, 0.25) is 0 Å². The molecule has 1 aliphatic rings. The molecule has 0 saturated carbocycles. The van der Waals surface area contributed by atoms with Gasteiger partial charge in [0.15, 0.2) is 0 Å². The average Bonchev–Trinajstić information content (AvgIpc) is 2.11. The SMILES string of the molecule is C1CN=NC1.CC(=O)O. The summed E-state index contributed by atoms with van der Waals surface area (Å²) in [5.74, 6) is -0.833. The van der Waals surface area contributed by atoms with Crippen molar-refractivity contribution in [1.29, 1.82) is 0 Å². The zero-order chi connectivity index (χ0) is 7.11. The van der Waals surface area contributed by atoms with E-state index in [0.717, 1.165) is 20.0 Å². The minimum Gasteiger partial charge on any atom is -0.481 e. The molecule has 1 rings (SSSR count). The molecule has 0 fully saturated rings. The van der Waals surface area contributed by atoms with E-state index >= 15 is 0 Å². The van der Waals surface area contributed by atoms with Gasteiger partial charge in [-0.1, -0.05) is 0 Å². The number of hydrogen-bond donors (Lipinski definition) is 1.